The minimum absolute atomic E-state index is 0.174. The van der Waals surface area contributed by atoms with Gasteiger partial charge in [-0.2, -0.15) is 0 Å². The van der Waals surface area contributed by atoms with Gasteiger partial charge in [0.2, 0.25) is 0 Å². The highest BCUT2D eigenvalue weighted by atomic mass is 16.5. The number of benzene rings is 2. The molecule has 1 saturated heterocycles. The molecule has 0 atom stereocenters. The number of ether oxygens (including phenoxy) is 3. The van der Waals surface area contributed by atoms with Crippen molar-refractivity contribution in [3.8, 4) is 11.5 Å². The number of hydrogen-bond donors (Lipinski definition) is 0. The molecule has 2 aromatic rings. The summed E-state index contributed by atoms with van der Waals surface area (Å²) in [6.07, 6.45) is 2.91. The van der Waals surface area contributed by atoms with E-state index in [1.165, 1.54) is 11.6 Å². The third kappa shape index (κ3) is 6.58. The molecule has 0 aromatic heterocycles. The van der Waals surface area contributed by atoms with Gasteiger partial charge in [-0.1, -0.05) is 36.4 Å². The summed E-state index contributed by atoms with van der Waals surface area (Å²) in [6.45, 7) is 3.48. The SMILES string of the molecule is COc1ccc(/C=C/C(=O)OCC(=O)N2CCN(Cc3ccccc3)CC2)cc1OC. The summed E-state index contributed by atoms with van der Waals surface area (Å²) >= 11 is 0. The molecule has 0 N–H and O–H groups in total. The highest BCUT2D eigenvalue weighted by Crippen LogP contribution is 2.27. The Hall–Kier alpha value is -3.32. The van der Waals surface area contributed by atoms with Gasteiger partial charge in [0.25, 0.3) is 5.91 Å². The van der Waals surface area contributed by atoms with Crippen molar-refractivity contribution in [2.75, 3.05) is 47.0 Å². The highest BCUT2D eigenvalue weighted by Gasteiger charge is 2.21. The molecule has 31 heavy (non-hydrogen) atoms. The second-order valence-corrected chi connectivity index (χ2v) is 7.20. The van der Waals surface area contributed by atoms with Crippen LogP contribution in [-0.2, 0) is 20.9 Å². The first-order valence-corrected chi connectivity index (χ1v) is 10.2. The first-order valence-electron chi connectivity index (χ1n) is 10.2. The summed E-state index contributed by atoms with van der Waals surface area (Å²) in [5.74, 6) is 0.439. The average Bonchev–Trinajstić information content (AvgIpc) is 2.82. The van der Waals surface area contributed by atoms with Crippen molar-refractivity contribution < 1.29 is 23.8 Å². The zero-order valence-corrected chi connectivity index (χ0v) is 18.0. The number of amides is 1. The summed E-state index contributed by atoms with van der Waals surface area (Å²) < 4.78 is 15.5. The lowest BCUT2D eigenvalue weighted by Crippen LogP contribution is -2.49. The Morgan fingerprint density at radius 3 is 2.32 bits per heavy atom. The number of carbonyl (C=O) groups excluding carboxylic acids is 2. The van der Waals surface area contributed by atoms with E-state index in [9.17, 15) is 9.59 Å². The van der Waals surface area contributed by atoms with Gasteiger partial charge < -0.3 is 19.1 Å². The van der Waals surface area contributed by atoms with Crippen LogP contribution >= 0.6 is 0 Å². The third-order valence-electron chi connectivity index (χ3n) is 5.13. The van der Waals surface area contributed by atoms with E-state index >= 15 is 0 Å². The molecule has 2 aromatic carbocycles. The maximum Gasteiger partial charge on any atom is 0.331 e. The van der Waals surface area contributed by atoms with Crippen LogP contribution < -0.4 is 9.47 Å². The summed E-state index contributed by atoms with van der Waals surface area (Å²) in [4.78, 5) is 28.4. The Balaban J connectivity index is 1.41. The van der Waals surface area contributed by atoms with E-state index in [2.05, 4.69) is 17.0 Å². The molecule has 1 heterocycles. The van der Waals surface area contributed by atoms with Crippen molar-refractivity contribution in [1.29, 1.82) is 0 Å². The molecule has 0 radical (unpaired) electrons. The lowest BCUT2D eigenvalue weighted by molar-refractivity contribution is -0.149. The number of carbonyl (C=O) groups is 2. The molecule has 0 saturated carbocycles. The van der Waals surface area contributed by atoms with E-state index in [0.717, 1.165) is 25.2 Å². The second kappa shape index (κ2) is 11.2. The molecule has 3 rings (SSSR count). The molecule has 0 spiro atoms. The maximum absolute atomic E-state index is 12.4. The molecule has 7 heteroatoms. The van der Waals surface area contributed by atoms with Crippen molar-refractivity contribution in [3.05, 3.63) is 65.7 Å². The summed E-state index contributed by atoms with van der Waals surface area (Å²) in [5, 5.41) is 0. The van der Waals surface area contributed by atoms with Gasteiger partial charge in [-0.15, -0.1) is 0 Å². The molecule has 1 aliphatic rings. The number of esters is 1. The van der Waals surface area contributed by atoms with Crippen molar-refractivity contribution in [3.63, 3.8) is 0 Å². The van der Waals surface area contributed by atoms with Crippen LogP contribution in [0.3, 0.4) is 0 Å². The van der Waals surface area contributed by atoms with Gasteiger partial charge >= 0.3 is 5.97 Å². The third-order valence-corrected chi connectivity index (χ3v) is 5.13. The molecule has 1 amide bonds. The fourth-order valence-electron chi connectivity index (χ4n) is 3.39. The predicted molar refractivity (Wildman–Crippen MR) is 118 cm³/mol. The largest absolute Gasteiger partial charge is 0.493 e. The summed E-state index contributed by atoms with van der Waals surface area (Å²) in [6, 6.07) is 15.6. The number of methoxy groups -OCH3 is 2. The standard InChI is InChI=1S/C24H28N2O5/c1-29-21-10-8-19(16-22(21)30-2)9-11-24(28)31-18-23(27)26-14-12-25(13-15-26)17-20-6-4-3-5-7-20/h3-11,16H,12-15,17-18H2,1-2H3/b11-9+. The van der Waals surface area contributed by atoms with Crippen LogP contribution in [-0.4, -0.2) is 68.7 Å². The Bertz CT molecular complexity index is 905. The molecule has 1 fully saturated rings. The van der Waals surface area contributed by atoms with Gasteiger partial charge in [0.15, 0.2) is 18.1 Å². The Morgan fingerprint density at radius 1 is 0.935 bits per heavy atom. The number of hydrogen-bond acceptors (Lipinski definition) is 6. The number of nitrogens with zero attached hydrogens (tertiary/aromatic N) is 2. The Morgan fingerprint density at radius 2 is 1.65 bits per heavy atom. The van der Waals surface area contributed by atoms with Gasteiger partial charge in [0.1, 0.15) is 0 Å². The van der Waals surface area contributed by atoms with E-state index in [1.807, 2.05) is 18.2 Å². The van der Waals surface area contributed by atoms with Gasteiger partial charge in [-0.3, -0.25) is 9.69 Å². The van der Waals surface area contributed by atoms with Gasteiger partial charge in [0, 0.05) is 38.8 Å². The molecular weight excluding hydrogens is 396 g/mol. The molecule has 0 bridgehead atoms. The van der Waals surface area contributed by atoms with E-state index in [1.54, 1.807) is 43.4 Å². The first kappa shape index (κ1) is 22.4. The van der Waals surface area contributed by atoms with Gasteiger partial charge in [-0.05, 0) is 29.3 Å². The number of rotatable bonds is 8. The zero-order valence-electron chi connectivity index (χ0n) is 18.0. The Kier molecular flexibility index (Phi) is 8.06. The smallest absolute Gasteiger partial charge is 0.331 e. The fourth-order valence-corrected chi connectivity index (χ4v) is 3.39. The van der Waals surface area contributed by atoms with Gasteiger partial charge in [0.05, 0.1) is 14.2 Å². The summed E-state index contributed by atoms with van der Waals surface area (Å²) in [5.41, 5.74) is 2.02. The van der Waals surface area contributed by atoms with E-state index in [0.29, 0.717) is 24.6 Å². The monoisotopic (exact) mass is 424 g/mol. The van der Waals surface area contributed by atoms with E-state index in [4.69, 9.17) is 14.2 Å². The van der Waals surface area contributed by atoms with Crippen LogP contribution in [0.2, 0.25) is 0 Å². The second-order valence-electron chi connectivity index (χ2n) is 7.20. The minimum atomic E-state index is -0.564. The number of piperazine rings is 1. The minimum Gasteiger partial charge on any atom is -0.493 e. The first-order chi connectivity index (χ1) is 15.1. The summed E-state index contributed by atoms with van der Waals surface area (Å²) in [7, 11) is 3.11. The van der Waals surface area contributed by atoms with Crippen molar-refractivity contribution in [2.24, 2.45) is 0 Å². The normalized spacial score (nSPS) is 14.5. The van der Waals surface area contributed by atoms with E-state index < -0.39 is 5.97 Å². The molecule has 0 unspecified atom stereocenters. The fraction of sp³-hybridized carbons (Fsp3) is 0.333. The van der Waals surface area contributed by atoms with E-state index in [-0.39, 0.29) is 12.5 Å². The quantitative estimate of drug-likeness (QED) is 0.479. The van der Waals surface area contributed by atoms with Crippen LogP contribution in [0.25, 0.3) is 6.08 Å². The average molecular weight is 424 g/mol. The van der Waals surface area contributed by atoms with Gasteiger partial charge in [-0.25, -0.2) is 4.79 Å². The highest BCUT2D eigenvalue weighted by molar-refractivity contribution is 5.89. The molecule has 1 aliphatic heterocycles. The van der Waals surface area contributed by atoms with Crippen LogP contribution in [0, 0.1) is 0 Å². The van der Waals surface area contributed by atoms with Crippen molar-refractivity contribution in [1.82, 2.24) is 9.80 Å². The lowest BCUT2D eigenvalue weighted by atomic mass is 10.2. The van der Waals surface area contributed by atoms with Crippen LogP contribution in [0.15, 0.2) is 54.6 Å². The molecule has 164 valence electrons. The molecule has 7 nitrogen and oxygen atoms in total. The molecular formula is C24H28N2O5. The maximum atomic E-state index is 12.4. The lowest BCUT2D eigenvalue weighted by Gasteiger charge is -2.34. The zero-order chi connectivity index (χ0) is 22.1. The van der Waals surface area contributed by atoms with Crippen molar-refractivity contribution in [2.45, 2.75) is 6.54 Å². The predicted octanol–water partition coefficient (Wildman–Crippen LogP) is 2.60. The molecule has 0 aliphatic carbocycles. The van der Waals surface area contributed by atoms with Crippen LogP contribution in [0.1, 0.15) is 11.1 Å². The Labute approximate surface area is 182 Å². The van der Waals surface area contributed by atoms with Crippen molar-refractivity contribution >= 4 is 18.0 Å². The van der Waals surface area contributed by atoms with Crippen LogP contribution in [0.4, 0.5) is 0 Å². The topological polar surface area (TPSA) is 68.3 Å². The van der Waals surface area contributed by atoms with Crippen LogP contribution in [0.5, 0.6) is 11.5 Å².